The Kier molecular flexibility index (Phi) is 6.03. The maximum atomic E-state index is 12.5. The number of hydrogen-bond donors (Lipinski definition) is 0. The second-order valence-electron chi connectivity index (χ2n) is 8.90. The summed E-state index contributed by atoms with van der Waals surface area (Å²) in [6.07, 6.45) is 6.73. The number of furan rings is 1. The van der Waals surface area contributed by atoms with Crippen molar-refractivity contribution in [1.82, 2.24) is 0 Å². The van der Waals surface area contributed by atoms with Crippen LogP contribution in [0.3, 0.4) is 0 Å². The van der Waals surface area contributed by atoms with Crippen molar-refractivity contribution in [3.05, 3.63) is 35.8 Å². The molecule has 28 heavy (non-hydrogen) atoms. The summed E-state index contributed by atoms with van der Waals surface area (Å²) in [7, 11) is 0. The number of carbonyl (C=O) groups is 1. The fourth-order valence-corrected chi connectivity index (χ4v) is 7.30. The Labute approximate surface area is 176 Å². The van der Waals surface area contributed by atoms with E-state index in [1.54, 1.807) is 12.1 Å². The van der Waals surface area contributed by atoms with E-state index in [0.29, 0.717) is 16.3 Å². The Bertz CT molecular complexity index is 723. The predicted octanol–water partition coefficient (Wildman–Crippen LogP) is 5.32. The lowest BCUT2D eigenvalue weighted by Crippen LogP contribution is -2.50. The second-order valence-corrected chi connectivity index (χ2v) is 11.8. The first-order chi connectivity index (χ1) is 13.4. The molecule has 6 heteroatoms. The number of allylic oxidation sites excluding steroid dienone is 2. The van der Waals surface area contributed by atoms with E-state index in [9.17, 15) is 4.79 Å². The van der Waals surface area contributed by atoms with Crippen molar-refractivity contribution in [2.75, 3.05) is 24.7 Å². The van der Waals surface area contributed by atoms with Crippen molar-refractivity contribution < 1.29 is 18.7 Å². The molecule has 0 radical (unpaired) electrons. The number of thioether (sulfide) groups is 2. The molecule has 3 heterocycles. The summed E-state index contributed by atoms with van der Waals surface area (Å²) >= 11 is 4.10. The van der Waals surface area contributed by atoms with Crippen LogP contribution in [0.2, 0.25) is 0 Å². The highest BCUT2D eigenvalue weighted by molar-refractivity contribution is 8.20. The van der Waals surface area contributed by atoms with Crippen LogP contribution < -0.4 is 0 Å². The van der Waals surface area contributed by atoms with Gasteiger partial charge in [-0.05, 0) is 43.9 Å². The first kappa shape index (κ1) is 20.6. The largest absolute Gasteiger partial charge is 0.458 e. The first-order valence-corrected chi connectivity index (χ1v) is 12.3. The molecule has 1 aromatic heterocycles. The van der Waals surface area contributed by atoms with Crippen molar-refractivity contribution in [2.24, 2.45) is 17.3 Å². The van der Waals surface area contributed by atoms with Crippen molar-refractivity contribution in [3.63, 3.8) is 0 Å². The van der Waals surface area contributed by atoms with Crippen LogP contribution in [0, 0.1) is 24.2 Å². The van der Waals surface area contributed by atoms with Crippen LogP contribution in [0.15, 0.2) is 28.7 Å². The second kappa shape index (κ2) is 8.21. The fourth-order valence-electron chi connectivity index (χ4n) is 4.35. The third-order valence-corrected chi connectivity index (χ3v) is 9.02. The molecule has 154 valence electrons. The van der Waals surface area contributed by atoms with Crippen LogP contribution in [0.5, 0.6) is 0 Å². The van der Waals surface area contributed by atoms with E-state index in [1.807, 2.05) is 36.5 Å². The van der Waals surface area contributed by atoms with Gasteiger partial charge in [-0.3, -0.25) is 4.79 Å². The van der Waals surface area contributed by atoms with Gasteiger partial charge in [-0.25, -0.2) is 0 Å². The Morgan fingerprint density at radius 3 is 2.57 bits per heavy atom. The molecule has 0 bridgehead atoms. The minimum Gasteiger partial charge on any atom is -0.458 e. The van der Waals surface area contributed by atoms with E-state index in [2.05, 4.69) is 19.9 Å². The Balaban J connectivity index is 1.50. The van der Waals surface area contributed by atoms with Crippen molar-refractivity contribution in [2.45, 2.75) is 50.4 Å². The average Bonchev–Trinajstić information content (AvgIpc) is 3.39. The van der Waals surface area contributed by atoms with Crippen molar-refractivity contribution >= 4 is 29.3 Å². The van der Waals surface area contributed by atoms with Gasteiger partial charge < -0.3 is 13.9 Å². The molecule has 2 atom stereocenters. The number of carbonyl (C=O) groups excluding carboxylic acids is 1. The zero-order valence-corrected chi connectivity index (χ0v) is 18.6. The molecule has 1 aliphatic carbocycles. The van der Waals surface area contributed by atoms with Gasteiger partial charge in [-0.1, -0.05) is 19.9 Å². The van der Waals surface area contributed by atoms with Crippen LogP contribution >= 0.6 is 23.5 Å². The summed E-state index contributed by atoms with van der Waals surface area (Å²) in [5.41, 5.74) is 0.0632. The highest BCUT2D eigenvalue weighted by Gasteiger charge is 2.53. The van der Waals surface area contributed by atoms with E-state index in [4.69, 9.17) is 13.9 Å². The minimum absolute atomic E-state index is 0.0632. The smallest absolute Gasteiger partial charge is 0.220 e. The molecule has 3 fully saturated rings. The summed E-state index contributed by atoms with van der Waals surface area (Å²) in [6, 6.07) is 3.57. The van der Waals surface area contributed by atoms with Gasteiger partial charge in [-0.2, -0.15) is 0 Å². The standard InChI is InChI=1S/C22H30O4S2/c1-15-4-7-19(26-15)18(23)6-5-16-8-9-22(24-13-21(2,3)14-25-22)17(16)12-20-27-10-11-28-20/h4-7,16-17,20H,8-14H2,1-3H3. The normalized spacial score (nSPS) is 29.8. The Morgan fingerprint density at radius 1 is 1.21 bits per heavy atom. The van der Waals surface area contributed by atoms with Crippen LogP contribution in [0.1, 0.15) is 49.4 Å². The Hall–Kier alpha value is -0.690. The monoisotopic (exact) mass is 422 g/mol. The van der Waals surface area contributed by atoms with Gasteiger partial charge in [0.05, 0.1) is 17.8 Å². The molecular weight excluding hydrogens is 392 g/mol. The van der Waals surface area contributed by atoms with Crippen molar-refractivity contribution in [1.29, 1.82) is 0 Å². The van der Waals surface area contributed by atoms with Crippen LogP contribution in [-0.2, 0) is 9.47 Å². The van der Waals surface area contributed by atoms with Gasteiger partial charge >= 0.3 is 0 Å². The number of rotatable bonds is 5. The molecule has 4 nitrogen and oxygen atoms in total. The van der Waals surface area contributed by atoms with E-state index in [1.165, 1.54) is 11.5 Å². The highest BCUT2D eigenvalue weighted by Crippen LogP contribution is 2.52. The number of ether oxygens (including phenoxy) is 2. The molecule has 1 aromatic rings. The number of ketones is 1. The molecule has 0 aromatic carbocycles. The molecule has 3 aliphatic rings. The molecule has 4 rings (SSSR count). The van der Waals surface area contributed by atoms with Crippen molar-refractivity contribution in [3.8, 4) is 0 Å². The third kappa shape index (κ3) is 4.40. The summed E-state index contributed by atoms with van der Waals surface area (Å²) in [5.74, 6) is 3.64. The fraction of sp³-hybridized carbons (Fsp3) is 0.682. The summed E-state index contributed by atoms with van der Waals surface area (Å²) < 4.78 is 18.9. The van der Waals surface area contributed by atoms with Gasteiger partial charge in [0.25, 0.3) is 0 Å². The van der Waals surface area contributed by atoms with Crippen LogP contribution in [0.4, 0.5) is 0 Å². The van der Waals surface area contributed by atoms with Gasteiger partial charge in [0.2, 0.25) is 5.78 Å². The summed E-state index contributed by atoms with van der Waals surface area (Å²) in [4.78, 5) is 12.5. The molecule has 1 saturated carbocycles. The molecule has 0 amide bonds. The van der Waals surface area contributed by atoms with Gasteiger partial charge in [-0.15, -0.1) is 23.5 Å². The minimum atomic E-state index is -0.488. The quantitative estimate of drug-likeness (QED) is 0.473. The molecule has 2 saturated heterocycles. The van der Waals surface area contributed by atoms with Crippen LogP contribution in [0.25, 0.3) is 0 Å². The zero-order valence-electron chi connectivity index (χ0n) is 16.9. The van der Waals surface area contributed by atoms with Gasteiger partial charge in [0, 0.05) is 29.3 Å². The van der Waals surface area contributed by atoms with E-state index >= 15 is 0 Å². The maximum absolute atomic E-state index is 12.5. The van der Waals surface area contributed by atoms with Gasteiger partial charge in [0.15, 0.2) is 11.5 Å². The molecular formula is C22H30O4S2. The average molecular weight is 423 g/mol. The lowest BCUT2D eigenvalue weighted by atomic mass is 9.87. The lowest BCUT2D eigenvalue weighted by molar-refractivity contribution is -0.315. The van der Waals surface area contributed by atoms with E-state index in [0.717, 1.165) is 38.2 Å². The van der Waals surface area contributed by atoms with E-state index in [-0.39, 0.29) is 17.1 Å². The molecule has 0 N–H and O–H groups in total. The number of aryl methyl sites for hydroxylation is 1. The first-order valence-electron chi connectivity index (χ1n) is 10.2. The van der Waals surface area contributed by atoms with Gasteiger partial charge in [0.1, 0.15) is 5.76 Å². The lowest BCUT2D eigenvalue weighted by Gasteiger charge is -2.45. The predicted molar refractivity (Wildman–Crippen MR) is 115 cm³/mol. The molecule has 1 spiro atoms. The third-order valence-electron chi connectivity index (χ3n) is 5.94. The SMILES string of the molecule is Cc1ccc(C(=O)C=CC2CCC3(OCC(C)(C)CO3)C2CC2SCCS2)o1. The molecule has 2 unspecified atom stereocenters. The van der Waals surface area contributed by atoms with E-state index < -0.39 is 5.79 Å². The summed E-state index contributed by atoms with van der Waals surface area (Å²) in [5, 5.41) is 0. The Morgan fingerprint density at radius 2 is 1.93 bits per heavy atom. The summed E-state index contributed by atoms with van der Waals surface area (Å²) in [6.45, 7) is 7.69. The number of hydrogen-bond acceptors (Lipinski definition) is 6. The topological polar surface area (TPSA) is 48.7 Å². The highest BCUT2D eigenvalue weighted by atomic mass is 32.2. The van der Waals surface area contributed by atoms with Crippen LogP contribution in [-0.4, -0.2) is 40.9 Å². The maximum Gasteiger partial charge on any atom is 0.220 e. The zero-order chi connectivity index (χ0) is 19.8. The molecule has 2 aliphatic heterocycles.